The zero-order valence-electron chi connectivity index (χ0n) is 14.0. The molecule has 2 heterocycles. The van der Waals surface area contributed by atoms with Gasteiger partial charge in [0.05, 0.1) is 6.04 Å². The number of nitrogens with zero attached hydrogens (tertiary/aromatic N) is 2. The molecule has 0 unspecified atom stereocenters. The Hall–Kier alpha value is -2.59. The van der Waals surface area contributed by atoms with E-state index in [2.05, 4.69) is 87.7 Å². The molecule has 4 heteroatoms. The van der Waals surface area contributed by atoms with Gasteiger partial charge in [-0.3, -0.25) is 0 Å². The van der Waals surface area contributed by atoms with Gasteiger partial charge in [-0.15, -0.1) is 0 Å². The molecule has 126 valence electrons. The van der Waals surface area contributed by atoms with E-state index in [1.165, 1.54) is 16.8 Å². The summed E-state index contributed by atoms with van der Waals surface area (Å²) in [6.07, 6.45) is 2.16. The second-order valence-corrected chi connectivity index (χ2v) is 6.66. The molecule has 0 aliphatic carbocycles. The highest BCUT2D eigenvalue weighted by Crippen LogP contribution is 2.32. The SMILES string of the molecule is S=C(NCc1ccccc1)N1CCn2cccc2[C@H]1c1ccccc1. The van der Waals surface area contributed by atoms with Crippen LogP contribution in [0, 0.1) is 0 Å². The maximum Gasteiger partial charge on any atom is 0.170 e. The Kier molecular flexibility index (Phi) is 4.53. The molecule has 3 nitrogen and oxygen atoms in total. The molecule has 0 saturated heterocycles. The average Bonchev–Trinajstić information content (AvgIpc) is 3.15. The number of thiocarbonyl (C=S) groups is 1. The standard InChI is InChI=1S/C21H21N3S/c25-21(22-16-17-8-3-1-4-9-17)24-15-14-23-13-7-12-19(23)20(24)18-10-5-2-6-11-18/h1-13,20H,14-16H2,(H,22,25)/t20-/m1/s1. The summed E-state index contributed by atoms with van der Waals surface area (Å²) >= 11 is 5.76. The van der Waals surface area contributed by atoms with E-state index in [1.54, 1.807) is 0 Å². The number of hydrogen-bond acceptors (Lipinski definition) is 1. The van der Waals surface area contributed by atoms with Crippen molar-refractivity contribution in [1.82, 2.24) is 14.8 Å². The summed E-state index contributed by atoms with van der Waals surface area (Å²) in [5.74, 6) is 0. The van der Waals surface area contributed by atoms with Crippen LogP contribution in [0.15, 0.2) is 79.0 Å². The molecule has 3 aromatic rings. The van der Waals surface area contributed by atoms with E-state index in [9.17, 15) is 0 Å². The lowest BCUT2D eigenvalue weighted by Crippen LogP contribution is -2.46. The van der Waals surface area contributed by atoms with Crippen LogP contribution in [0.2, 0.25) is 0 Å². The van der Waals surface area contributed by atoms with E-state index < -0.39 is 0 Å². The molecule has 2 aromatic carbocycles. The Balaban J connectivity index is 1.58. The monoisotopic (exact) mass is 347 g/mol. The number of fused-ring (bicyclic) bond motifs is 1. The van der Waals surface area contributed by atoms with Gasteiger partial charge < -0.3 is 14.8 Å². The van der Waals surface area contributed by atoms with Crippen molar-refractivity contribution in [3.63, 3.8) is 0 Å². The third-order valence-electron chi connectivity index (χ3n) is 4.70. The minimum absolute atomic E-state index is 0.153. The second kappa shape index (κ2) is 7.11. The average molecular weight is 347 g/mol. The molecule has 25 heavy (non-hydrogen) atoms. The molecule has 1 N–H and O–H groups in total. The second-order valence-electron chi connectivity index (χ2n) is 6.28. The Bertz CT molecular complexity index is 842. The molecule has 1 atom stereocenters. The first-order valence-electron chi connectivity index (χ1n) is 8.61. The fourth-order valence-electron chi connectivity index (χ4n) is 3.46. The van der Waals surface area contributed by atoms with E-state index in [0.29, 0.717) is 0 Å². The van der Waals surface area contributed by atoms with Crippen LogP contribution < -0.4 is 5.32 Å². The minimum Gasteiger partial charge on any atom is -0.358 e. The van der Waals surface area contributed by atoms with Crippen molar-refractivity contribution in [1.29, 1.82) is 0 Å². The molecule has 4 rings (SSSR count). The summed E-state index contributed by atoms with van der Waals surface area (Å²) in [6.45, 7) is 2.61. The zero-order valence-corrected chi connectivity index (χ0v) is 14.8. The van der Waals surface area contributed by atoms with Crippen molar-refractivity contribution in [3.05, 3.63) is 95.8 Å². The maximum atomic E-state index is 5.76. The van der Waals surface area contributed by atoms with Gasteiger partial charge in [-0.2, -0.15) is 0 Å². The van der Waals surface area contributed by atoms with E-state index in [-0.39, 0.29) is 6.04 Å². The van der Waals surface area contributed by atoms with E-state index in [1.807, 2.05) is 6.07 Å². The Morgan fingerprint density at radius 2 is 1.64 bits per heavy atom. The van der Waals surface area contributed by atoms with Crippen LogP contribution >= 0.6 is 12.2 Å². The lowest BCUT2D eigenvalue weighted by molar-refractivity contribution is 0.286. The van der Waals surface area contributed by atoms with E-state index in [4.69, 9.17) is 12.2 Å². The molecular weight excluding hydrogens is 326 g/mol. The first-order chi connectivity index (χ1) is 12.3. The van der Waals surface area contributed by atoms with Crippen LogP contribution in [0.5, 0.6) is 0 Å². The minimum atomic E-state index is 0.153. The van der Waals surface area contributed by atoms with Gasteiger partial charge in [0.2, 0.25) is 0 Å². The predicted molar refractivity (Wildman–Crippen MR) is 105 cm³/mol. The van der Waals surface area contributed by atoms with Crippen LogP contribution in [-0.2, 0) is 13.1 Å². The summed E-state index contributed by atoms with van der Waals surface area (Å²) in [5.41, 5.74) is 3.80. The lowest BCUT2D eigenvalue weighted by Gasteiger charge is -2.39. The van der Waals surface area contributed by atoms with Gasteiger partial charge >= 0.3 is 0 Å². The van der Waals surface area contributed by atoms with E-state index >= 15 is 0 Å². The van der Waals surface area contributed by atoms with Crippen molar-refractivity contribution >= 4 is 17.3 Å². The molecule has 0 saturated carbocycles. The lowest BCUT2D eigenvalue weighted by atomic mass is 10.0. The third kappa shape index (κ3) is 3.30. The molecule has 0 bridgehead atoms. The Morgan fingerprint density at radius 3 is 2.40 bits per heavy atom. The van der Waals surface area contributed by atoms with Gasteiger partial charge in [0.25, 0.3) is 0 Å². The van der Waals surface area contributed by atoms with Gasteiger partial charge in [-0.05, 0) is 35.5 Å². The molecule has 0 spiro atoms. The number of aromatic nitrogens is 1. The van der Waals surface area contributed by atoms with Gasteiger partial charge in [0.15, 0.2) is 5.11 Å². The van der Waals surface area contributed by atoms with Crippen LogP contribution in [0.4, 0.5) is 0 Å². The summed E-state index contributed by atoms with van der Waals surface area (Å²) in [4.78, 5) is 2.31. The third-order valence-corrected chi connectivity index (χ3v) is 5.08. The van der Waals surface area contributed by atoms with Crippen LogP contribution in [0.3, 0.4) is 0 Å². The van der Waals surface area contributed by atoms with Gasteiger partial charge in [0, 0.05) is 31.5 Å². The molecule has 1 aliphatic heterocycles. The first-order valence-corrected chi connectivity index (χ1v) is 9.02. The summed E-state index contributed by atoms with van der Waals surface area (Å²) in [5, 5.41) is 4.25. The summed E-state index contributed by atoms with van der Waals surface area (Å²) < 4.78 is 2.33. The smallest absolute Gasteiger partial charge is 0.170 e. The van der Waals surface area contributed by atoms with Gasteiger partial charge in [-0.1, -0.05) is 60.7 Å². The predicted octanol–water partition coefficient (Wildman–Crippen LogP) is 3.97. The molecule has 0 fully saturated rings. The fourth-order valence-corrected chi connectivity index (χ4v) is 3.73. The summed E-state index contributed by atoms with van der Waals surface area (Å²) in [6, 6.07) is 25.5. The zero-order chi connectivity index (χ0) is 17.1. The van der Waals surface area contributed by atoms with Gasteiger partial charge in [-0.25, -0.2) is 0 Å². The van der Waals surface area contributed by atoms with Crippen molar-refractivity contribution in [2.75, 3.05) is 6.54 Å². The Morgan fingerprint density at radius 1 is 0.920 bits per heavy atom. The molecule has 1 aliphatic rings. The van der Waals surface area contributed by atoms with Crippen LogP contribution in [-0.4, -0.2) is 21.1 Å². The molecular formula is C21H21N3S. The largest absolute Gasteiger partial charge is 0.358 e. The number of benzene rings is 2. The fraction of sp³-hybridized carbons (Fsp3) is 0.190. The highest BCUT2D eigenvalue weighted by Gasteiger charge is 2.30. The van der Waals surface area contributed by atoms with Crippen LogP contribution in [0.1, 0.15) is 22.9 Å². The summed E-state index contributed by atoms with van der Waals surface area (Å²) in [7, 11) is 0. The molecule has 0 radical (unpaired) electrons. The van der Waals surface area contributed by atoms with Crippen molar-refractivity contribution in [3.8, 4) is 0 Å². The van der Waals surface area contributed by atoms with Crippen molar-refractivity contribution in [2.24, 2.45) is 0 Å². The van der Waals surface area contributed by atoms with Crippen molar-refractivity contribution in [2.45, 2.75) is 19.1 Å². The normalized spacial score (nSPS) is 16.3. The van der Waals surface area contributed by atoms with Crippen LogP contribution in [0.25, 0.3) is 0 Å². The quantitative estimate of drug-likeness (QED) is 0.724. The topological polar surface area (TPSA) is 20.2 Å². The van der Waals surface area contributed by atoms with Crippen molar-refractivity contribution < 1.29 is 0 Å². The van der Waals surface area contributed by atoms with Gasteiger partial charge in [0.1, 0.15) is 0 Å². The Labute approximate surface area is 153 Å². The molecule has 0 amide bonds. The highest BCUT2D eigenvalue weighted by atomic mass is 32.1. The van der Waals surface area contributed by atoms with E-state index in [0.717, 1.165) is 24.7 Å². The maximum absolute atomic E-state index is 5.76. The number of hydrogen-bond donors (Lipinski definition) is 1. The highest BCUT2D eigenvalue weighted by molar-refractivity contribution is 7.80. The number of nitrogens with one attached hydrogen (secondary N) is 1. The number of rotatable bonds is 3. The first kappa shape index (κ1) is 15.9. The molecule has 1 aromatic heterocycles.